The predicted octanol–water partition coefficient (Wildman–Crippen LogP) is 3.61. The van der Waals surface area contributed by atoms with Gasteiger partial charge in [0.1, 0.15) is 5.82 Å². The fraction of sp³-hybridized carbons (Fsp3) is 0.130. The molecule has 0 aliphatic carbocycles. The number of rotatable bonds is 5. The maximum atomic E-state index is 14.7. The van der Waals surface area contributed by atoms with Crippen molar-refractivity contribution in [2.45, 2.75) is 15.3 Å². The molecule has 0 saturated heterocycles. The van der Waals surface area contributed by atoms with E-state index in [1.807, 2.05) is 48.5 Å². The average molecular weight is 569 g/mol. The van der Waals surface area contributed by atoms with E-state index in [-0.39, 0.29) is 5.82 Å². The van der Waals surface area contributed by atoms with E-state index in [2.05, 4.69) is 76.4 Å². The zero-order chi connectivity index (χ0) is 18.5. The Balaban J connectivity index is 1.80. The topological polar surface area (TPSA) is 0 Å². The average Bonchev–Trinajstić information content (AvgIpc) is 2.63. The summed E-state index contributed by atoms with van der Waals surface area (Å²) in [4.78, 5) is 0. The van der Waals surface area contributed by atoms with Gasteiger partial charge in [-0.1, -0.05) is 72.3 Å². The van der Waals surface area contributed by atoms with E-state index in [4.69, 9.17) is 0 Å². The maximum absolute atomic E-state index is 14.7. The third-order valence-electron chi connectivity index (χ3n) is 4.26. The first-order chi connectivity index (χ1) is 12.5. The molecule has 0 amide bonds. The van der Waals surface area contributed by atoms with E-state index in [1.54, 1.807) is 6.07 Å². The third-order valence-corrected chi connectivity index (χ3v) is 5.12. The summed E-state index contributed by atoms with van der Waals surface area (Å²) in [5.74, 6) is -0.185. The van der Waals surface area contributed by atoms with Crippen molar-refractivity contribution < 1.29 is 27.0 Å². The predicted molar refractivity (Wildman–Crippen MR) is 114 cm³/mol. The van der Waals surface area contributed by atoms with Crippen LogP contribution in [-0.4, -0.2) is 1.93 Å². The minimum absolute atomic E-state index is 0.185. The second kappa shape index (κ2) is 9.13. The molecule has 0 aliphatic heterocycles. The monoisotopic (exact) mass is 569 g/mol. The summed E-state index contributed by atoms with van der Waals surface area (Å²) in [5, 5.41) is 0. The van der Waals surface area contributed by atoms with Gasteiger partial charge < -0.3 is 0 Å². The van der Waals surface area contributed by atoms with Gasteiger partial charge in [0, 0.05) is 5.56 Å². The lowest BCUT2D eigenvalue weighted by atomic mass is 9.98. The molecule has 0 radical (unpaired) electrons. The summed E-state index contributed by atoms with van der Waals surface area (Å²) in [6, 6.07) is 21.8. The molecule has 0 heterocycles. The molecule has 3 rings (SSSR count). The van der Waals surface area contributed by atoms with Crippen LogP contribution in [0.1, 0.15) is 11.1 Å². The first-order valence-corrected chi connectivity index (χ1v) is 11.0. The van der Waals surface area contributed by atoms with Gasteiger partial charge in [-0.25, -0.2) is 4.39 Å². The largest absolute Gasteiger partial charge is 0.271 e. The van der Waals surface area contributed by atoms with Crippen LogP contribution in [0.5, 0.6) is 0 Å². The number of aryl methyl sites for hydroxylation is 1. The number of benzene rings is 3. The molecule has 0 nitrogen and oxygen atoms in total. The Hall–Kier alpha value is -1.21. The van der Waals surface area contributed by atoms with Crippen molar-refractivity contribution in [3.63, 3.8) is 0 Å². The maximum Gasteiger partial charge on any atom is 0.271 e. The molecule has 132 valence electrons. The molecule has 26 heavy (non-hydrogen) atoms. The number of allylic oxidation sites excluding steroid dienone is 2. The smallest absolute Gasteiger partial charge is 0.206 e. The van der Waals surface area contributed by atoms with Crippen molar-refractivity contribution in [3.8, 4) is 22.3 Å². The van der Waals surface area contributed by atoms with Gasteiger partial charge in [-0.05, 0) is 70.3 Å². The van der Waals surface area contributed by atoms with Crippen LogP contribution in [0.2, 0.25) is 0 Å². The normalized spacial score (nSPS) is 12.5. The van der Waals surface area contributed by atoms with Crippen LogP contribution in [0.4, 0.5) is 4.39 Å². The molecule has 1 unspecified atom stereocenters. The number of hydrogen-bond donors (Lipinski definition) is 0. The summed E-state index contributed by atoms with van der Waals surface area (Å²) in [6.45, 7) is 2.05. The summed E-state index contributed by atoms with van der Waals surface area (Å²) in [5.41, 5.74) is 5.93. The number of halogens is 3. The lowest BCUT2D eigenvalue weighted by Gasteiger charge is -2.08. The van der Waals surface area contributed by atoms with Crippen LogP contribution in [0, 0.1) is 12.7 Å². The molecule has 3 aromatic carbocycles. The Morgan fingerprint density at radius 1 is 0.923 bits per heavy atom. The summed E-state index contributed by atoms with van der Waals surface area (Å²) in [6.07, 6.45) is 5.29. The lowest BCUT2D eigenvalue weighted by molar-refractivity contribution is -0.363. The Bertz CT molecular complexity index is 894. The Morgan fingerprint density at radius 3 is 2.15 bits per heavy atom. The zero-order valence-corrected chi connectivity index (χ0v) is 18.9. The van der Waals surface area contributed by atoms with Crippen molar-refractivity contribution in [2.24, 2.45) is 0 Å². The highest BCUT2D eigenvalue weighted by atomic mass is 127. The minimum atomic E-state index is -0.185. The van der Waals surface area contributed by atoms with Gasteiger partial charge in [0.15, 0.2) is 0 Å². The number of hydrogen-bond acceptors (Lipinski definition) is 0. The van der Waals surface area contributed by atoms with Crippen LogP contribution in [-0.2, 0) is 6.42 Å². The van der Waals surface area contributed by atoms with Gasteiger partial charge in [-0.3, -0.25) is 0 Å². The summed E-state index contributed by atoms with van der Waals surface area (Å²) >= 11 is 4.47. The Kier molecular flexibility index (Phi) is 6.86. The van der Waals surface area contributed by atoms with E-state index >= 15 is 0 Å². The van der Waals surface area contributed by atoms with Gasteiger partial charge >= 0.3 is 0 Å². The fourth-order valence-corrected chi connectivity index (χ4v) is 3.42. The Labute approximate surface area is 181 Å². The zero-order valence-electron chi connectivity index (χ0n) is 14.5. The van der Waals surface area contributed by atoms with E-state index in [0.29, 0.717) is 7.49 Å². The Morgan fingerprint density at radius 2 is 1.54 bits per heavy atom. The van der Waals surface area contributed by atoms with E-state index < -0.39 is 0 Å². The van der Waals surface area contributed by atoms with Crippen LogP contribution in [0.25, 0.3) is 22.3 Å². The molecule has 0 bridgehead atoms. The molecule has 1 atom stereocenters. The first kappa shape index (κ1) is 19.5. The SMILES string of the molecule is Cc1ccc(-c2ccc(-c3ccc(CC=CC(I)[IH+])cc3)c(F)c2)cc1. The fourth-order valence-electron chi connectivity index (χ4n) is 2.81. The van der Waals surface area contributed by atoms with Crippen molar-refractivity contribution in [3.05, 3.63) is 95.8 Å². The quantitative estimate of drug-likeness (QED) is 0.251. The van der Waals surface area contributed by atoms with Crippen molar-refractivity contribution in [2.75, 3.05) is 0 Å². The number of alkyl halides is 2. The van der Waals surface area contributed by atoms with E-state index in [0.717, 1.165) is 23.1 Å². The standard InChI is InChI=1S/C23H20FI2/c1-16-5-9-18(10-6-16)20-13-14-21(22(24)15-20)19-11-7-17(8-12-19)3-2-4-23(25)26/h2,4-15,23,25H,3H2,1H3/q+1. The summed E-state index contributed by atoms with van der Waals surface area (Å²) < 4.78 is 15.2. The highest BCUT2D eigenvalue weighted by Crippen LogP contribution is 2.28. The third kappa shape index (κ3) is 5.16. The van der Waals surface area contributed by atoms with Crippen LogP contribution >= 0.6 is 22.6 Å². The highest BCUT2D eigenvalue weighted by Gasteiger charge is 2.08. The molecular formula is C23H20FI2+. The van der Waals surface area contributed by atoms with Gasteiger partial charge in [-0.15, -0.1) is 0 Å². The van der Waals surface area contributed by atoms with Crippen molar-refractivity contribution >= 4 is 22.6 Å². The molecule has 0 aromatic heterocycles. The second-order valence-corrected chi connectivity index (χ2v) is 11.7. The molecule has 0 saturated carbocycles. The first-order valence-electron chi connectivity index (χ1n) is 8.45. The van der Waals surface area contributed by atoms with Crippen LogP contribution in [0.3, 0.4) is 0 Å². The second-order valence-electron chi connectivity index (χ2n) is 6.24. The minimum Gasteiger partial charge on any atom is -0.206 e. The van der Waals surface area contributed by atoms with Gasteiger partial charge in [-0.2, -0.15) is 0 Å². The molecule has 0 fully saturated rings. The lowest BCUT2D eigenvalue weighted by Crippen LogP contribution is -3.37. The molecule has 3 aromatic rings. The van der Waals surface area contributed by atoms with Gasteiger partial charge in [0.2, 0.25) is 1.93 Å². The van der Waals surface area contributed by atoms with Gasteiger partial charge in [0.25, 0.3) is 22.6 Å². The molecule has 0 N–H and O–H groups in total. The molecular weight excluding hydrogens is 549 g/mol. The van der Waals surface area contributed by atoms with Crippen LogP contribution < -0.4 is 22.6 Å². The highest BCUT2D eigenvalue weighted by molar-refractivity contribution is 14.1. The molecule has 3 heteroatoms. The van der Waals surface area contributed by atoms with Crippen LogP contribution in [0.15, 0.2) is 78.9 Å². The van der Waals surface area contributed by atoms with E-state index in [1.165, 1.54) is 11.1 Å². The van der Waals surface area contributed by atoms with E-state index in [9.17, 15) is 4.39 Å². The summed E-state index contributed by atoms with van der Waals surface area (Å²) in [7, 11) is 0. The van der Waals surface area contributed by atoms with Crippen molar-refractivity contribution in [1.82, 2.24) is 0 Å². The van der Waals surface area contributed by atoms with Crippen molar-refractivity contribution in [1.29, 1.82) is 0 Å². The molecule has 0 aliphatic rings. The van der Waals surface area contributed by atoms with Gasteiger partial charge in [0.05, 0.1) is 0 Å². The molecule has 0 spiro atoms.